The van der Waals surface area contributed by atoms with Gasteiger partial charge < -0.3 is 9.47 Å². The van der Waals surface area contributed by atoms with Crippen molar-refractivity contribution in [1.82, 2.24) is 0 Å². The van der Waals surface area contributed by atoms with Crippen molar-refractivity contribution in [1.29, 1.82) is 0 Å². The summed E-state index contributed by atoms with van der Waals surface area (Å²) in [6, 6.07) is 15.8. The molecule has 0 fully saturated rings. The zero-order chi connectivity index (χ0) is 17.1. The van der Waals surface area contributed by atoms with Crippen LogP contribution in [0.5, 0.6) is 5.75 Å². The van der Waals surface area contributed by atoms with Gasteiger partial charge >= 0.3 is 5.97 Å². The first-order valence-corrected chi connectivity index (χ1v) is 9.14. The Balaban J connectivity index is 2.12. The van der Waals surface area contributed by atoms with Crippen LogP contribution in [0.25, 0.3) is 11.1 Å². The number of carbonyl (C=O) groups excluding carboxylic acids is 1. The third kappa shape index (κ3) is 3.06. The van der Waals surface area contributed by atoms with Crippen molar-refractivity contribution >= 4 is 28.9 Å². The maximum absolute atomic E-state index is 12.5. The summed E-state index contributed by atoms with van der Waals surface area (Å²) in [5.41, 5.74) is 3.53. The maximum atomic E-state index is 12.5. The Labute approximate surface area is 146 Å². The van der Waals surface area contributed by atoms with E-state index in [1.54, 1.807) is 18.9 Å². The molecule has 1 aliphatic rings. The third-order valence-electron chi connectivity index (χ3n) is 4.20. The molecular formula is C20H20O3S. The number of carbonyl (C=O) groups is 1. The lowest BCUT2D eigenvalue weighted by Crippen LogP contribution is -2.09. The summed E-state index contributed by atoms with van der Waals surface area (Å²) in [6.07, 6.45) is 2.58. The Bertz CT molecular complexity index is 760. The lowest BCUT2D eigenvalue weighted by Gasteiger charge is -2.13. The number of rotatable bonds is 5. The summed E-state index contributed by atoms with van der Waals surface area (Å²) < 4.78 is 10.8. The molecule has 124 valence electrons. The molecule has 3 nitrogen and oxygen atoms in total. The smallest absolute Gasteiger partial charge is 0.339 e. The second-order valence-electron chi connectivity index (χ2n) is 5.55. The van der Waals surface area contributed by atoms with Gasteiger partial charge in [-0.05, 0) is 48.1 Å². The molecule has 0 aromatic heterocycles. The minimum Gasteiger partial charge on any atom is -0.497 e. The number of methoxy groups -OCH3 is 1. The van der Waals surface area contributed by atoms with Crippen LogP contribution in [-0.2, 0) is 9.53 Å². The molecule has 0 radical (unpaired) electrons. The number of thioether (sulfide) groups is 1. The fourth-order valence-electron chi connectivity index (χ4n) is 2.94. The number of ether oxygens (including phenoxy) is 2. The van der Waals surface area contributed by atoms with E-state index in [-0.39, 0.29) is 12.1 Å². The van der Waals surface area contributed by atoms with Crippen molar-refractivity contribution in [3.63, 3.8) is 0 Å². The van der Waals surface area contributed by atoms with Gasteiger partial charge in [0, 0.05) is 10.5 Å². The van der Waals surface area contributed by atoms with Crippen molar-refractivity contribution in [2.45, 2.75) is 24.3 Å². The minimum atomic E-state index is -0.246. The monoisotopic (exact) mass is 340 g/mol. The highest BCUT2D eigenvalue weighted by Gasteiger charge is 2.34. The summed E-state index contributed by atoms with van der Waals surface area (Å²) in [5, 5.41) is 0. The zero-order valence-electron chi connectivity index (χ0n) is 14.0. The fraction of sp³-hybridized carbons (Fsp3) is 0.250. The van der Waals surface area contributed by atoms with Crippen LogP contribution in [0.2, 0.25) is 0 Å². The molecule has 2 aromatic carbocycles. The Morgan fingerprint density at radius 1 is 1.04 bits per heavy atom. The molecule has 24 heavy (non-hydrogen) atoms. The standard InChI is InChI=1S/C20H20O3S/c1-4-17-18(13-5-9-15(22-2)10-6-13)19(20(21)23-17)14-7-11-16(24-3)12-8-14/h5-12,17H,4H2,1-3H3. The SMILES string of the molecule is CCC1OC(=O)C(c2ccc(SC)cc2)=C1c1ccc(OC)cc1. The van der Waals surface area contributed by atoms with Crippen LogP contribution >= 0.6 is 11.8 Å². The maximum Gasteiger partial charge on any atom is 0.339 e. The van der Waals surface area contributed by atoms with Crippen LogP contribution in [-0.4, -0.2) is 25.4 Å². The lowest BCUT2D eigenvalue weighted by atomic mass is 9.92. The summed E-state index contributed by atoms with van der Waals surface area (Å²) >= 11 is 1.68. The largest absolute Gasteiger partial charge is 0.497 e. The van der Waals surface area contributed by atoms with Crippen molar-refractivity contribution in [3.8, 4) is 5.75 Å². The normalized spacial score (nSPS) is 17.1. The quantitative estimate of drug-likeness (QED) is 0.586. The molecular weight excluding hydrogens is 320 g/mol. The van der Waals surface area contributed by atoms with Gasteiger partial charge in [0.25, 0.3) is 0 Å². The number of benzene rings is 2. The van der Waals surface area contributed by atoms with Gasteiger partial charge in [-0.1, -0.05) is 31.2 Å². The van der Waals surface area contributed by atoms with Crippen molar-refractivity contribution < 1.29 is 14.3 Å². The molecule has 0 saturated heterocycles. The third-order valence-corrected chi connectivity index (χ3v) is 4.94. The highest BCUT2D eigenvalue weighted by Crippen LogP contribution is 2.39. The van der Waals surface area contributed by atoms with Crippen LogP contribution < -0.4 is 4.74 Å². The Morgan fingerprint density at radius 3 is 2.21 bits per heavy atom. The number of esters is 1. The van der Waals surface area contributed by atoms with Crippen molar-refractivity contribution in [2.24, 2.45) is 0 Å². The molecule has 0 spiro atoms. The molecule has 2 aromatic rings. The predicted octanol–water partition coefficient (Wildman–Crippen LogP) is 4.66. The van der Waals surface area contributed by atoms with Gasteiger partial charge in [0.1, 0.15) is 11.9 Å². The first-order valence-electron chi connectivity index (χ1n) is 7.92. The average Bonchev–Trinajstić information content (AvgIpc) is 2.98. The van der Waals surface area contributed by atoms with Gasteiger partial charge in [-0.3, -0.25) is 0 Å². The van der Waals surface area contributed by atoms with E-state index >= 15 is 0 Å². The molecule has 0 N–H and O–H groups in total. The van der Waals surface area contributed by atoms with Crippen LogP contribution in [0.3, 0.4) is 0 Å². The summed E-state index contributed by atoms with van der Waals surface area (Å²) in [6.45, 7) is 2.03. The Morgan fingerprint density at radius 2 is 1.67 bits per heavy atom. The topological polar surface area (TPSA) is 35.5 Å². The van der Waals surface area contributed by atoms with E-state index in [2.05, 4.69) is 0 Å². The van der Waals surface area contributed by atoms with Crippen molar-refractivity contribution in [2.75, 3.05) is 13.4 Å². The molecule has 0 aliphatic carbocycles. The van der Waals surface area contributed by atoms with Gasteiger partial charge in [0.15, 0.2) is 0 Å². The second kappa shape index (κ2) is 7.14. The molecule has 4 heteroatoms. The molecule has 1 heterocycles. The van der Waals surface area contributed by atoms with Crippen LogP contribution in [0.1, 0.15) is 24.5 Å². The van der Waals surface area contributed by atoms with Crippen LogP contribution in [0.15, 0.2) is 53.4 Å². The second-order valence-corrected chi connectivity index (χ2v) is 6.43. The zero-order valence-corrected chi connectivity index (χ0v) is 14.9. The molecule has 3 rings (SSSR count). The van der Waals surface area contributed by atoms with Crippen LogP contribution in [0.4, 0.5) is 0 Å². The fourth-order valence-corrected chi connectivity index (χ4v) is 3.35. The minimum absolute atomic E-state index is 0.207. The summed E-state index contributed by atoms with van der Waals surface area (Å²) in [4.78, 5) is 13.7. The number of hydrogen-bond donors (Lipinski definition) is 0. The van der Waals surface area contributed by atoms with Gasteiger partial charge in [-0.15, -0.1) is 11.8 Å². The predicted molar refractivity (Wildman–Crippen MR) is 98.2 cm³/mol. The molecule has 1 aliphatic heterocycles. The first-order chi connectivity index (χ1) is 11.7. The Kier molecular flexibility index (Phi) is 4.95. The molecule has 0 bridgehead atoms. The van der Waals surface area contributed by atoms with E-state index in [0.717, 1.165) is 28.9 Å². The van der Waals surface area contributed by atoms with Crippen LogP contribution in [0, 0.1) is 0 Å². The van der Waals surface area contributed by atoms with Crippen molar-refractivity contribution in [3.05, 3.63) is 59.7 Å². The molecule has 0 saturated carbocycles. The average molecular weight is 340 g/mol. The van der Waals surface area contributed by atoms with Gasteiger partial charge in [-0.25, -0.2) is 4.79 Å². The number of hydrogen-bond acceptors (Lipinski definition) is 4. The van der Waals surface area contributed by atoms with E-state index in [0.29, 0.717) is 5.57 Å². The van der Waals surface area contributed by atoms with Gasteiger partial charge in [0.2, 0.25) is 0 Å². The van der Waals surface area contributed by atoms with Gasteiger partial charge in [0.05, 0.1) is 12.7 Å². The summed E-state index contributed by atoms with van der Waals surface area (Å²) in [5.74, 6) is 0.549. The molecule has 1 unspecified atom stereocenters. The number of cyclic esters (lactones) is 1. The van der Waals surface area contributed by atoms with E-state index in [1.165, 1.54) is 4.90 Å². The molecule has 1 atom stereocenters. The van der Waals surface area contributed by atoms with E-state index in [4.69, 9.17) is 9.47 Å². The van der Waals surface area contributed by atoms with Gasteiger partial charge in [-0.2, -0.15) is 0 Å². The lowest BCUT2D eigenvalue weighted by molar-refractivity contribution is -0.137. The summed E-state index contributed by atoms with van der Waals surface area (Å²) in [7, 11) is 1.64. The molecule has 0 amide bonds. The Hall–Kier alpha value is -2.20. The highest BCUT2D eigenvalue weighted by atomic mass is 32.2. The highest BCUT2D eigenvalue weighted by molar-refractivity contribution is 7.98. The van der Waals surface area contributed by atoms with E-state index < -0.39 is 0 Å². The van der Waals surface area contributed by atoms with E-state index in [9.17, 15) is 4.79 Å². The first kappa shape index (κ1) is 16.7. The van der Waals surface area contributed by atoms with E-state index in [1.807, 2.05) is 61.7 Å².